The van der Waals surface area contributed by atoms with E-state index in [1.54, 1.807) is 0 Å². The average molecular weight is 441 g/mol. The van der Waals surface area contributed by atoms with E-state index in [4.69, 9.17) is 9.47 Å². The molecular weight excluding hydrogens is 400 g/mol. The molecular formula is C28H40O4. The Morgan fingerprint density at radius 3 is 1.31 bits per heavy atom. The van der Waals surface area contributed by atoms with Crippen LogP contribution in [0.15, 0.2) is 24.3 Å². The first-order chi connectivity index (χ1) is 15.4. The summed E-state index contributed by atoms with van der Waals surface area (Å²) in [6, 6.07) is 9.23. The van der Waals surface area contributed by atoms with Gasteiger partial charge in [0.1, 0.15) is 24.7 Å². The monoisotopic (exact) mass is 440 g/mol. The highest BCUT2D eigenvalue weighted by atomic mass is 16.5. The van der Waals surface area contributed by atoms with E-state index in [1.165, 1.54) is 43.2 Å². The van der Waals surface area contributed by atoms with Gasteiger partial charge in [0.05, 0.1) is 13.2 Å². The van der Waals surface area contributed by atoms with Crippen LogP contribution in [0.4, 0.5) is 0 Å². The Balaban J connectivity index is 2.12. The number of hydrogen-bond donors (Lipinski definition) is 2. The second-order valence-corrected chi connectivity index (χ2v) is 9.37. The van der Waals surface area contributed by atoms with Crippen LogP contribution in [0.1, 0.15) is 78.3 Å². The van der Waals surface area contributed by atoms with E-state index >= 15 is 0 Å². The molecule has 3 rings (SSSR count). The van der Waals surface area contributed by atoms with Crippen molar-refractivity contribution in [2.24, 2.45) is 0 Å². The summed E-state index contributed by atoms with van der Waals surface area (Å²) in [5, 5.41) is 18.4. The van der Waals surface area contributed by atoms with Gasteiger partial charge in [-0.25, -0.2) is 0 Å². The summed E-state index contributed by atoms with van der Waals surface area (Å²) in [4.78, 5) is 0. The summed E-state index contributed by atoms with van der Waals surface area (Å²) < 4.78 is 11.7. The van der Waals surface area contributed by atoms with E-state index in [-0.39, 0.29) is 18.6 Å². The van der Waals surface area contributed by atoms with Gasteiger partial charge in [-0.05, 0) is 73.9 Å². The Kier molecular flexibility index (Phi) is 8.61. The second kappa shape index (κ2) is 11.2. The van der Waals surface area contributed by atoms with Crippen LogP contribution in [0, 0.1) is 27.7 Å². The van der Waals surface area contributed by atoms with Crippen molar-refractivity contribution in [3.8, 4) is 11.5 Å². The Morgan fingerprint density at radius 1 is 0.625 bits per heavy atom. The predicted octanol–water partition coefficient (Wildman–Crippen LogP) is 5.69. The smallest absolute Gasteiger partial charge is 0.125 e. The quantitative estimate of drug-likeness (QED) is 0.553. The molecule has 2 N–H and O–H groups in total. The highest BCUT2D eigenvalue weighted by molar-refractivity contribution is 5.53. The maximum atomic E-state index is 9.19. The molecule has 0 bridgehead atoms. The lowest BCUT2D eigenvalue weighted by molar-refractivity contribution is 0.199. The van der Waals surface area contributed by atoms with Crippen LogP contribution in [0.25, 0.3) is 0 Å². The average Bonchev–Trinajstić information content (AvgIpc) is 2.73. The molecule has 1 fully saturated rings. The van der Waals surface area contributed by atoms with Crippen molar-refractivity contribution in [3.63, 3.8) is 0 Å². The zero-order valence-electron chi connectivity index (χ0n) is 20.3. The third-order valence-electron chi connectivity index (χ3n) is 6.91. The molecule has 0 spiro atoms. The summed E-state index contributed by atoms with van der Waals surface area (Å²) in [5.41, 5.74) is 7.23. The third kappa shape index (κ3) is 5.29. The SMILES string of the molecule is Cc1cc(C2(c3cc(C)c(OCCO)c(C)c3)CCCCCCC2)cc(C)c1OCCO. The summed E-state index contributed by atoms with van der Waals surface area (Å²) in [7, 11) is 0. The van der Waals surface area contributed by atoms with E-state index in [0.29, 0.717) is 13.2 Å². The van der Waals surface area contributed by atoms with Crippen LogP contribution < -0.4 is 9.47 Å². The molecule has 0 atom stereocenters. The Labute approximate surface area is 193 Å². The lowest BCUT2D eigenvalue weighted by Gasteiger charge is -2.38. The van der Waals surface area contributed by atoms with E-state index in [9.17, 15) is 10.2 Å². The van der Waals surface area contributed by atoms with Crippen molar-refractivity contribution < 1.29 is 19.7 Å². The molecule has 0 heterocycles. The first-order valence-electron chi connectivity index (χ1n) is 12.1. The van der Waals surface area contributed by atoms with Gasteiger partial charge in [0.15, 0.2) is 0 Å². The molecule has 0 amide bonds. The summed E-state index contributed by atoms with van der Waals surface area (Å²) in [6.45, 7) is 9.13. The molecule has 4 heteroatoms. The lowest BCUT2D eigenvalue weighted by atomic mass is 9.66. The van der Waals surface area contributed by atoms with E-state index in [1.807, 2.05) is 0 Å². The van der Waals surface area contributed by atoms with Gasteiger partial charge in [-0.1, -0.05) is 56.4 Å². The fourth-order valence-electron chi connectivity index (χ4n) is 5.46. The molecule has 2 aromatic rings. The number of ether oxygens (including phenoxy) is 2. The summed E-state index contributed by atoms with van der Waals surface area (Å²) >= 11 is 0. The lowest BCUT2D eigenvalue weighted by Crippen LogP contribution is -2.29. The molecule has 32 heavy (non-hydrogen) atoms. The molecule has 0 aliphatic heterocycles. The van der Waals surface area contributed by atoms with Crippen molar-refractivity contribution >= 4 is 0 Å². The minimum atomic E-state index is -0.0313. The molecule has 0 saturated heterocycles. The van der Waals surface area contributed by atoms with Gasteiger partial charge in [-0.2, -0.15) is 0 Å². The van der Waals surface area contributed by atoms with E-state index < -0.39 is 0 Å². The molecule has 0 radical (unpaired) electrons. The summed E-state index contributed by atoms with van der Waals surface area (Å²) in [5.74, 6) is 1.79. The zero-order chi connectivity index (χ0) is 23.1. The molecule has 0 unspecified atom stereocenters. The maximum Gasteiger partial charge on any atom is 0.125 e. The van der Waals surface area contributed by atoms with Gasteiger partial charge < -0.3 is 19.7 Å². The normalized spacial score (nSPS) is 16.3. The number of benzene rings is 2. The highest BCUT2D eigenvalue weighted by Crippen LogP contribution is 2.46. The van der Waals surface area contributed by atoms with Crippen LogP contribution in [-0.2, 0) is 5.41 Å². The van der Waals surface area contributed by atoms with Crippen LogP contribution in [-0.4, -0.2) is 36.6 Å². The van der Waals surface area contributed by atoms with E-state index in [0.717, 1.165) is 46.6 Å². The molecule has 1 aliphatic carbocycles. The minimum Gasteiger partial charge on any atom is -0.491 e. The largest absolute Gasteiger partial charge is 0.491 e. The predicted molar refractivity (Wildman–Crippen MR) is 130 cm³/mol. The molecule has 0 aromatic heterocycles. The minimum absolute atomic E-state index is 0.0217. The first-order valence-corrected chi connectivity index (χ1v) is 12.1. The van der Waals surface area contributed by atoms with Crippen molar-refractivity contribution in [2.75, 3.05) is 26.4 Å². The fraction of sp³-hybridized carbons (Fsp3) is 0.571. The number of aliphatic hydroxyl groups is 2. The van der Waals surface area contributed by atoms with Crippen LogP contribution in [0.5, 0.6) is 11.5 Å². The van der Waals surface area contributed by atoms with Gasteiger partial charge >= 0.3 is 0 Å². The van der Waals surface area contributed by atoms with Crippen molar-refractivity contribution in [2.45, 2.75) is 78.1 Å². The van der Waals surface area contributed by atoms with Crippen LogP contribution in [0.2, 0.25) is 0 Å². The van der Waals surface area contributed by atoms with Gasteiger partial charge in [0.2, 0.25) is 0 Å². The number of aryl methyl sites for hydroxylation is 4. The maximum absolute atomic E-state index is 9.19. The molecule has 4 nitrogen and oxygen atoms in total. The van der Waals surface area contributed by atoms with Crippen LogP contribution in [0.3, 0.4) is 0 Å². The van der Waals surface area contributed by atoms with Crippen molar-refractivity contribution in [1.29, 1.82) is 0 Å². The van der Waals surface area contributed by atoms with Gasteiger partial charge in [-0.15, -0.1) is 0 Å². The van der Waals surface area contributed by atoms with Crippen LogP contribution >= 0.6 is 0 Å². The zero-order valence-corrected chi connectivity index (χ0v) is 20.3. The molecule has 176 valence electrons. The topological polar surface area (TPSA) is 58.9 Å². The molecule has 1 aliphatic rings. The van der Waals surface area contributed by atoms with E-state index in [2.05, 4.69) is 52.0 Å². The Bertz CT molecular complexity index is 783. The standard InChI is InChI=1S/C28H40O4/c1-20-16-24(17-21(2)26(20)31-14-12-29)28(10-8-6-5-7-9-11-28)25-18-22(3)27(23(4)19-25)32-15-13-30/h16-19,29-30H,5-15H2,1-4H3. The molecule has 2 aromatic carbocycles. The number of rotatable bonds is 8. The Hall–Kier alpha value is -2.04. The van der Waals surface area contributed by atoms with Gasteiger partial charge in [0.25, 0.3) is 0 Å². The fourth-order valence-corrected chi connectivity index (χ4v) is 5.46. The third-order valence-corrected chi connectivity index (χ3v) is 6.91. The van der Waals surface area contributed by atoms with Crippen molar-refractivity contribution in [1.82, 2.24) is 0 Å². The summed E-state index contributed by atoms with van der Waals surface area (Å²) in [6.07, 6.45) is 8.62. The highest BCUT2D eigenvalue weighted by Gasteiger charge is 2.35. The first kappa shape index (κ1) is 24.6. The van der Waals surface area contributed by atoms with Crippen molar-refractivity contribution in [3.05, 3.63) is 57.6 Å². The van der Waals surface area contributed by atoms with Gasteiger partial charge in [0, 0.05) is 5.41 Å². The Morgan fingerprint density at radius 2 is 0.969 bits per heavy atom. The number of hydrogen-bond acceptors (Lipinski definition) is 4. The number of aliphatic hydroxyl groups excluding tert-OH is 2. The van der Waals surface area contributed by atoms with Gasteiger partial charge in [-0.3, -0.25) is 0 Å². The molecule has 1 saturated carbocycles. The second-order valence-electron chi connectivity index (χ2n) is 9.37.